The number of benzene rings is 1. The molecule has 1 atom stereocenters. The topological polar surface area (TPSA) is 98.2 Å². The van der Waals surface area contributed by atoms with Gasteiger partial charge in [0.05, 0.1) is 5.56 Å². The predicted molar refractivity (Wildman–Crippen MR) is 61.7 cm³/mol. The van der Waals surface area contributed by atoms with Gasteiger partial charge in [0, 0.05) is 5.69 Å². The van der Waals surface area contributed by atoms with Crippen molar-refractivity contribution in [1.82, 2.24) is 5.32 Å². The molecule has 0 aliphatic carbocycles. The van der Waals surface area contributed by atoms with Crippen LogP contribution in [0.4, 0.5) is 5.69 Å². The van der Waals surface area contributed by atoms with Crippen LogP contribution >= 0.6 is 0 Å². The van der Waals surface area contributed by atoms with Gasteiger partial charge < -0.3 is 16.8 Å². The van der Waals surface area contributed by atoms with Crippen molar-refractivity contribution >= 4 is 17.5 Å². The number of nitrogens with one attached hydrogen (secondary N) is 1. The van der Waals surface area contributed by atoms with Crippen molar-refractivity contribution in [2.75, 3.05) is 5.73 Å². The second-order valence-electron chi connectivity index (χ2n) is 3.69. The summed E-state index contributed by atoms with van der Waals surface area (Å²) in [5.41, 5.74) is 12.4. The Morgan fingerprint density at radius 1 is 1.38 bits per heavy atom. The molecule has 0 bridgehead atoms. The van der Waals surface area contributed by atoms with Crippen LogP contribution in [0.1, 0.15) is 22.8 Å². The first-order chi connectivity index (χ1) is 7.41. The van der Waals surface area contributed by atoms with Crippen LogP contribution in [0.3, 0.4) is 0 Å². The number of anilines is 1. The maximum atomic E-state index is 11.7. The zero-order valence-corrected chi connectivity index (χ0v) is 9.28. The molecule has 0 unspecified atom stereocenters. The Labute approximate surface area is 93.8 Å². The lowest BCUT2D eigenvalue weighted by Crippen LogP contribution is -2.42. The summed E-state index contributed by atoms with van der Waals surface area (Å²) in [5.74, 6) is -0.983. The minimum absolute atomic E-state index is 0.346. The molecular formula is C11H15N3O2. The van der Waals surface area contributed by atoms with Crippen LogP contribution < -0.4 is 16.8 Å². The van der Waals surface area contributed by atoms with Crippen LogP contribution in [0, 0.1) is 6.92 Å². The average molecular weight is 221 g/mol. The Balaban J connectivity index is 2.85. The highest BCUT2D eigenvalue weighted by atomic mass is 16.2. The van der Waals surface area contributed by atoms with Gasteiger partial charge in [0.25, 0.3) is 5.91 Å². The number of primary amides is 1. The van der Waals surface area contributed by atoms with Crippen molar-refractivity contribution in [2.24, 2.45) is 5.73 Å². The maximum Gasteiger partial charge on any atom is 0.254 e. The molecule has 16 heavy (non-hydrogen) atoms. The number of carbonyl (C=O) groups excluding carboxylic acids is 2. The molecule has 1 rings (SSSR count). The van der Waals surface area contributed by atoms with E-state index in [-0.39, 0.29) is 0 Å². The molecule has 0 fully saturated rings. The molecule has 0 heterocycles. The summed E-state index contributed by atoms with van der Waals surface area (Å²) in [7, 11) is 0. The van der Waals surface area contributed by atoms with Gasteiger partial charge >= 0.3 is 0 Å². The lowest BCUT2D eigenvalue weighted by atomic mass is 10.1. The van der Waals surface area contributed by atoms with Gasteiger partial charge in [-0.25, -0.2) is 0 Å². The summed E-state index contributed by atoms with van der Waals surface area (Å²) in [4.78, 5) is 22.5. The molecule has 1 aromatic carbocycles. The monoisotopic (exact) mass is 221 g/mol. The first-order valence-corrected chi connectivity index (χ1v) is 4.88. The van der Waals surface area contributed by atoms with Crippen LogP contribution in [-0.2, 0) is 4.79 Å². The zero-order chi connectivity index (χ0) is 12.3. The van der Waals surface area contributed by atoms with E-state index in [4.69, 9.17) is 11.5 Å². The van der Waals surface area contributed by atoms with Gasteiger partial charge in [0.2, 0.25) is 5.91 Å². The third-order valence-corrected chi connectivity index (χ3v) is 2.23. The smallest absolute Gasteiger partial charge is 0.254 e. The van der Waals surface area contributed by atoms with E-state index in [9.17, 15) is 9.59 Å². The highest BCUT2D eigenvalue weighted by molar-refractivity contribution is 6.01. The summed E-state index contributed by atoms with van der Waals surface area (Å²) >= 11 is 0. The third kappa shape index (κ3) is 2.73. The molecule has 5 heteroatoms. The molecule has 5 N–H and O–H groups in total. The number of hydrogen-bond acceptors (Lipinski definition) is 3. The highest BCUT2D eigenvalue weighted by Gasteiger charge is 2.15. The lowest BCUT2D eigenvalue weighted by molar-refractivity contribution is -0.119. The second kappa shape index (κ2) is 4.65. The van der Waals surface area contributed by atoms with E-state index in [1.54, 1.807) is 18.2 Å². The molecule has 0 saturated heterocycles. The molecule has 0 spiro atoms. The van der Waals surface area contributed by atoms with Crippen molar-refractivity contribution in [1.29, 1.82) is 0 Å². The number of carbonyl (C=O) groups is 2. The SMILES string of the molecule is Cc1ccc(C(=O)N[C@@H](C)C(N)=O)c(N)c1. The molecule has 0 radical (unpaired) electrons. The number of rotatable bonds is 3. The summed E-state index contributed by atoms with van der Waals surface area (Å²) in [6.45, 7) is 3.40. The highest BCUT2D eigenvalue weighted by Crippen LogP contribution is 2.13. The van der Waals surface area contributed by atoms with E-state index in [1.807, 2.05) is 6.92 Å². The Bertz CT molecular complexity index is 429. The zero-order valence-electron chi connectivity index (χ0n) is 9.28. The standard InChI is InChI=1S/C11H15N3O2/c1-6-3-4-8(9(12)5-6)11(16)14-7(2)10(13)15/h3-5,7H,12H2,1-2H3,(H2,13,15)(H,14,16)/t7-/m0/s1. The van der Waals surface area contributed by atoms with Gasteiger partial charge in [-0.05, 0) is 31.5 Å². The minimum Gasteiger partial charge on any atom is -0.398 e. The number of amides is 2. The fourth-order valence-corrected chi connectivity index (χ4v) is 1.23. The minimum atomic E-state index is -0.715. The molecule has 5 nitrogen and oxygen atoms in total. The van der Waals surface area contributed by atoms with Crippen molar-refractivity contribution in [3.05, 3.63) is 29.3 Å². The van der Waals surface area contributed by atoms with Gasteiger partial charge in [-0.15, -0.1) is 0 Å². The van der Waals surface area contributed by atoms with Crippen molar-refractivity contribution in [3.63, 3.8) is 0 Å². The number of hydrogen-bond donors (Lipinski definition) is 3. The quantitative estimate of drug-likeness (QED) is 0.635. The molecule has 2 amide bonds. The van der Waals surface area contributed by atoms with E-state index in [0.717, 1.165) is 5.56 Å². The Kier molecular flexibility index (Phi) is 3.50. The molecular weight excluding hydrogens is 206 g/mol. The molecule has 0 saturated carbocycles. The van der Waals surface area contributed by atoms with Crippen molar-refractivity contribution in [3.8, 4) is 0 Å². The van der Waals surface area contributed by atoms with Crippen LogP contribution in [0.2, 0.25) is 0 Å². The largest absolute Gasteiger partial charge is 0.398 e. The van der Waals surface area contributed by atoms with Crippen LogP contribution in [0.25, 0.3) is 0 Å². The van der Waals surface area contributed by atoms with Crippen LogP contribution in [0.15, 0.2) is 18.2 Å². The van der Waals surface area contributed by atoms with E-state index in [2.05, 4.69) is 5.32 Å². The normalized spacial score (nSPS) is 11.9. The number of aryl methyl sites for hydroxylation is 1. The number of nitrogens with two attached hydrogens (primary N) is 2. The first-order valence-electron chi connectivity index (χ1n) is 4.88. The summed E-state index contributed by atoms with van der Waals surface area (Å²) in [6, 6.07) is 4.38. The van der Waals surface area contributed by atoms with Crippen LogP contribution in [0.5, 0.6) is 0 Å². The fourth-order valence-electron chi connectivity index (χ4n) is 1.23. The summed E-state index contributed by atoms with van der Waals surface area (Å²) < 4.78 is 0. The maximum absolute atomic E-state index is 11.7. The molecule has 0 aromatic heterocycles. The average Bonchev–Trinajstić information content (AvgIpc) is 2.16. The summed E-state index contributed by atoms with van der Waals surface area (Å²) in [5, 5.41) is 2.46. The lowest BCUT2D eigenvalue weighted by Gasteiger charge is -2.11. The molecule has 0 aliphatic rings. The van der Waals surface area contributed by atoms with Crippen molar-refractivity contribution < 1.29 is 9.59 Å². The van der Waals surface area contributed by atoms with Gasteiger partial charge in [0.15, 0.2) is 0 Å². The Morgan fingerprint density at radius 2 is 2.00 bits per heavy atom. The van der Waals surface area contributed by atoms with E-state index >= 15 is 0 Å². The van der Waals surface area contributed by atoms with E-state index in [0.29, 0.717) is 11.3 Å². The van der Waals surface area contributed by atoms with Crippen molar-refractivity contribution in [2.45, 2.75) is 19.9 Å². The van der Waals surface area contributed by atoms with Crippen LogP contribution in [-0.4, -0.2) is 17.9 Å². The third-order valence-electron chi connectivity index (χ3n) is 2.23. The van der Waals surface area contributed by atoms with E-state index in [1.165, 1.54) is 6.92 Å². The summed E-state index contributed by atoms with van der Waals surface area (Å²) in [6.07, 6.45) is 0. The molecule has 1 aromatic rings. The Hall–Kier alpha value is -2.04. The Morgan fingerprint density at radius 3 is 2.50 bits per heavy atom. The first kappa shape index (κ1) is 12.0. The number of nitrogen functional groups attached to an aromatic ring is 1. The van der Waals surface area contributed by atoms with Gasteiger partial charge in [-0.2, -0.15) is 0 Å². The van der Waals surface area contributed by atoms with Gasteiger partial charge in [-0.1, -0.05) is 6.07 Å². The fraction of sp³-hybridized carbons (Fsp3) is 0.273. The van der Waals surface area contributed by atoms with E-state index < -0.39 is 17.9 Å². The predicted octanol–water partition coefficient (Wildman–Crippen LogP) is 0.181. The van der Waals surface area contributed by atoms with Gasteiger partial charge in [-0.3, -0.25) is 9.59 Å². The molecule has 86 valence electrons. The van der Waals surface area contributed by atoms with Gasteiger partial charge in [0.1, 0.15) is 6.04 Å². The molecule has 0 aliphatic heterocycles. The second-order valence-corrected chi connectivity index (χ2v) is 3.69.